The molecule has 282 valence electrons. The van der Waals surface area contributed by atoms with Crippen LogP contribution in [-0.4, -0.2) is 70.3 Å². The summed E-state index contributed by atoms with van der Waals surface area (Å²) in [6.45, 7) is 7.15. The summed E-state index contributed by atoms with van der Waals surface area (Å²) in [7, 11) is -1.89. The molecule has 7 unspecified atom stereocenters. The maximum Gasteiger partial charge on any atom is 0.305 e. The number of halogens is 1. The third-order valence-electron chi connectivity index (χ3n) is 12.3. The quantitative estimate of drug-likeness (QED) is 0.300. The fourth-order valence-electron chi connectivity index (χ4n) is 8.87. The number of nitrogens with zero attached hydrogens (tertiary/aromatic N) is 4. The summed E-state index contributed by atoms with van der Waals surface area (Å²) in [5.74, 6) is 0.323. The van der Waals surface area contributed by atoms with Gasteiger partial charge in [0.1, 0.15) is 15.6 Å². The number of hydrogen-bond donors (Lipinski definition) is 1. The number of pyridine rings is 1. The number of carbonyl (C=O) groups excluding carboxylic acids is 2. The molecule has 2 aromatic heterocycles. The summed E-state index contributed by atoms with van der Waals surface area (Å²) >= 11 is 6.46. The molecule has 5 aliphatic rings. The first-order chi connectivity index (χ1) is 25.6. The second-order valence-corrected chi connectivity index (χ2v) is 18.2. The number of amides is 2. The van der Waals surface area contributed by atoms with Gasteiger partial charge in [-0.2, -0.15) is 0 Å². The van der Waals surface area contributed by atoms with Crippen molar-refractivity contribution < 1.29 is 28.0 Å². The van der Waals surface area contributed by atoms with Crippen molar-refractivity contribution in [2.24, 2.45) is 22.1 Å². The normalized spacial score (nSPS) is 31.8. The average Bonchev–Trinajstić information content (AvgIpc) is 3.52. The summed E-state index contributed by atoms with van der Waals surface area (Å²) in [4.78, 5) is 35.1. The van der Waals surface area contributed by atoms with Gasteiger partial charge in [-0.25, -0.2) is 9.19 Å². The van der Waals surface area contributed by atoms with E-state index in [9.17, 15) is 13.8 Å². The van der Waals surface area contributed by atoms with E-state index in [0.717, 1.165) is 42.8 Å². The van der Waals surface area contributed by atoms with Crippen LogP contribution >= 0.6 is 11.6 Å². The Labute approximate surface area is 316 Å². The number of aromatic nitrogens is 2. The van der Waals surface area contributed by atoms with Crippen LogP contribution in [0.3, 0.4) is 0 Å². The molecule has 3 aliphatic heterocycles. The Morgan fingerprint density at radius 2 is 2.04 bits per heavy atom. The van der Waals surface area contributed by atoms with Crippen LogP contribution < -0.4 is 14.4 Å². The number of allylic oxidation sites excluding steroid dienone is 1. The molecule has 0 radical (unpaired) electrons. The summed E-state index contributed by atoms with van der Waals surface area (Å²) in [6.07, 6.45) is 11.5. The number of benzene rings is 1. The third-order valence-corrected chi connectivity index (χ3v) is 14.9. The number of methoxy groups -OCH3 is 1. The molecule has 1 N–H and O–H groups in total. The number of anilines is 1. The highest BCUT2D eigenvalue weighted by atomic mass is 35.5. The predicted octanol–water partition coefficient (Wildman–Crippen LogP) is 6.52. The molecule has 11 nitrogen and oxygen atoms in total. The molecule has 1 spiro atoms. The van der Waals surface area contributed by atoms with Crippen LogP contribution in [0, 0.1) is 17.8 Å². The van der Waals surface area contributed by atoms with E-state index in [1.165, 1.54) is 11.1 Å². The minimum atomic E-state index is -3.65. The summed E-state index contributed by atoms with van der Waals surface area (Å²) in [5.41, 5.74) is 3.45. The van der Waals surface area contributed by atoms with Crippen LogP contribution in [0.15, 0.2) is 59.1 Å². The Balaban J connectivity index is 1.20. The smallest absolute Gasteiger partial charge is 0.305 e. The lowest BCUT2D eigenvalue weighted by atomic mass is 9.68. The highest BCUT2D eigenvalue weighted by Crippen LogP contribution is 2.46. The average molecular weight is 762 g/mol. The van der Waals surface area contributed by atoms with Crippen molar-refractivity contribution in [1.29, 1.82) is 0 Å². The first kappa shape index (κ1) is 36.3. The highest BCUT2D eigenvalue weighted by molar-refractivity contribution is 7.93. The van der Waals surface area contributed by atoms with Crippen molar-refractivity contribution in [3.05, 3.63) is 87.8 Å². The van der Waals surface area contributed by atoms with Crippen molar-refractivity contribution >= 4 is 39.1 Å². The lowest BCUT2D eigenvalue weighted by Gasteiger charge is -2.45. The summed E-state index contributed by atoms with van der Waals surface area (Å²) in [6, 6.07) is 11.3. The maximum absolute atomic E-state index is 14.9. The molecule has 1 aromatic carbocycles. The van der Waals surface area contributed by atoms with Crippen LogP contribution in [-0.2, 0) is 44.4 Å². The second kappa shape index (κ2) is 14.5. The van der Waals surface area contributed by atoms with Crippen molar-refractivity contribution in [2.45, 2.75) is 82.3 Å². The first-order valence-corrected chi connectivity index (χ1v) is 20.8. The van der Waals surface area contributed by atoms with Crippen LogP contribution in [0.1, 0.15) is 83.6 Å². The molecule has 1 fully saturated rings. The van der Waals surface area contributed by atoms with Crippen LogP contribution in [0.25, 0.3) is 0 Å². The van der Waals surface area contributed by atoms with Gasteiger partial charge in [0, 0.05) is 49.1 Å². The number of nitrogens with one attached hydrogen (secondary N) is 1. The highest BCUT2D eigenvalue weighted by Gasteiger charge is 2.45. The monoisotopic (exact) mass is 761 g/mol. The van der Waals surface area contributed by atoms with Gasteiger partial charge < -0.3 is 23.7 Å². The van der Waals surface area contributed by atoms with E-state index >= 15 is 0 Å². The molecular weight excluding hydrogens is 714 g/mol. The molecule has 7 atom stereocenters. The molecule has 2 amide bonds. The van der Waals surface area contributed by atoms with E-state index in [1.807, 2.05) is 17.6 Å². The molecule has 5 heterocycles. The Hall–Kier alpha value is -3.71. The van der Waals surface area contributed by atoms with Crippen LogP contribution in [0.5, 0.6) is 5.75 Å². The van der Waals surface area contributed by atoms with Gasteiger partial charge in [-0.3, -0.25) is 14.3 Å². The third kappa shape index (κ3) is 6.92. The zero-order chi connectivity index (χ0) is 36.9. The lowest BCUT2D eigenvalue weighted by molar-refractivity contribution is 0.0131. The largest absolute Gasteiger partial charge is 0.489 e. The van der Waals surface area contributed by atoms with Gasteiger partial charge in [-0.05, 0) is 105 Å². The molecule has 13 heteroatoms. The van der Waals surface area contributed by atoms with Crippen molar-refractivity contribution in [3.8, 4) is 5.75 Å². The van der Waals surface area contributed by atoms with Gasteiger partial charge in [-0.1, -0.05) is 36.7 Å². The van der Waals surface area contributed by atoms with Crippen molar-refractivity contribution in [3.63, 3.8) is 0 Å². The maximum atomic E-state index is 14.9. The number of fused-ring (bicyclic) bond motifs is 5. The number of rotatable bonds is 3. The van der Waals surface area contributed by atoms with Crippen molar-refractivity contribution in [2.75, 3.05) is 38.3 Å². The fourth-order valence-corrected chi connectivity index (χ4v) is 10.9. The lowest BCUT2D eigenvalue weighted by Crippen LogP contribution is -2.49. The van der Waals surface area contributed by atoms with Crippen LogP contribution in [0.4, 0.5) is 5.82 Å². The second-order valence-electron chi connectivity index (χ2n) is 15.5. The molecular formula is C40H48ClN5O6S. The van der Waals surface area contributed by atoms with E-state index in [0.29, 0.717) is 74.8 Å². The standard InChI is InChI=1S/C40H48ClN5O6S/c1-25-6-4-8-35(50-3)32-11-9-28(32)20-46-23-40(15-5-7-27-18-30(41)10-12-33(27)40)24-52-36-14-13-34(42-37(36)46)39(48)44-53(49,26(25)2)43-38(47)29-19-31-22-51-17-16-45(31)21-29/h4,8,10,12-14,18-19,21,25-26,28,32,35H,5-7,9,11,15-17,20,22-24H2,1-3H3,(H,43,44,47,48,49)/b8-4+. The van der Waals surface area contributed by atoms with Gasteiger partial charge in [-0.15, -0.1) is 4.36 Å². The predicted molar refractivity (Wildman–Crippen MR) is 204 cm³/mol. The fraction of sp³-hybridized carbons (Fsp3) is 0.525. The Kier molecular flexibility index (Phi) is 9.93. The molecule has 2 bridgehead atoms. The topological polar surface area (TPSA) is 124 Å². The molecule has 8 rings (SSSR count). The number of aryl methyl sites for hydroxylation is 1. The Morgan fingerprint density at radius 3 is 2.83 bits per heavy atom. The van der Waals surface area contributed by atoms with Crippen molar-refractivity contribution in [1.82, 2.24) is 14.3 Å². The van der Waals surface area contributed by atoms with Gasteiger partial charge in [0.25, 0.3) is 5.91 Å². The summed E-state index contributed by atoms with van der Waals surface area (Å²) < 4.78 is 42.2. The minimum Gasteiger partial charge on any atom is -0.489 e. The zero-order valence-corrected chi connectivity index (χ0v) is 32.2. The Morgan fingerprint density at radius 1 is 1.17 bits per heavy atom. The van der Waals surface area contributed by atoms with Crippen LogP contribution in [0.2, 0.25) is 5.02 Å². The van der Waals surface area contributed by atoms with E-state index in [2.05, 4.69) is 38.3 Å². The van der Waals surface area contributed by atoms with Gasteiger partial charge in [0.15, 0.2) is 11.6 Å². The molecule has 3 aromatic rings. The Bertz CT molecular complexity index is 2050. The summed E-state index contributed by atoms with van der Waals surface area (Å²) in [5, 5.41) is 0.0541. The molecule has 1 saturated carbocycles. The van der Waals surface area contributed by atoms with E-state index in [-0.39, 0.29) is 23.1 Å². The van der Waals surface area contributed by atoms with E-state index < -0.39 is 27.0 Å². The van der Waals surface area contributed by atoms with E-state index in [4.69, 9.17) is 30.8 Å². The van der Waals surface area contributed by atoms with E-state index in [1.54, 1.807) is 38.4 Å². The molecule has 2 aliphatic carbocycles. The SMILES string of the molecule is COC1/C=C/CC(C)C(C)S(=O)(NC(=O)c2cc3n(c2)CCOC3)=NC(=O)c2ccc3c(n2)N(CC2CCC21)CC1(CCCc2cc(Cl)ccc21)CO3. The number of carbonyl (C=O) groups is 2. The van der Waals surface area contributed by atoms with Gasteiger partial charge in [0.05, 0.1) is 36.7 Å². The zero-order valence-electron chi connectivity index (χ0n) is 30.6. The molecule has 0 saturated heterocycles. The molecule has 53 heavy (non-hydrogen) atoms. The number of hydrogen-bond acceptors (Lipinski definition) is 8. The first-order valence-electron chi connectivity index (χ1n) is 18.8. The minimum absolute atomic E-state index is 0.0503. The number of ether oxygens (including phenoxy) is 3. The van der Waals surface area contributed by atoms with Gasteiger partial charge >= 0.3 is 5.91 Å². The van der Waals surface area contributed by atoms with Gasteiger partial charge in [0.2, 0.25) is 0 Å².